The fraction of sp³-hybridized carbons (Fsp3) is 0.733. The molecule has 0 radical (unpaired) electrons. The van der Waals surface area contributed by atoms with Crippen molar-refractivity contribution in [3.05, 3.63) is 5.69 Å². The van der Waals surface area contributed by atoms with Crippen molar-refractivity contribution < 1.29 is 5.11 Å². The number of fused-ring (bicyclic) bond motifs is 1. The summed E-state index contributed by atoms with van der Waals surface area (Å²) in [5.74, 6) is 3.01. The number of thioether (sulfide) groups is 1. The summed E-state index contributed by atoms with van der Waals surface area (Å²) in [7, 11) is 0. The molecule has 0 atom stereocenters. The fourth-order valence-electron chi connectivity index (χ4n) is 2.86. The average molecular weight is 308 g/mol. The third kappa shape index (κ3) is 3.61. The Hall–Kier alpha value is -1.01. The second-order valence-electron chi connectivity index (χ2n) is 5.65. The minimum atomic E-state index is 0.215. The molecule has 0 aromatic carbocycles. The van der Waals surface area contributed by atoms with Crippen LogP contribution >= 0.6 is 11.8 Å². The third-order valence-electron chi connectivity index (χ3n) is 3.99. The molecule has 3 heterocycles. The van der Waals surface area contributed by atoms with Crippen LogP contribution in [-0.2, 0) is 6.42 Å². The van der Waals surface area contributed by atoms with E-state index in [0.717, 1.165) is 50.0 Å². The summed E-state index contributed by atoms with van der Waals surface area (Å²) >= 11 is 1.86. The molecule has 1 saturated heterocycles. The summed E-state index contributed by atoms with van der Waals surface area (Å²) in [5.41, 5.74) is 1.20. The first-order valence-electron chi connectivity index (χ1n) is 8.02. The molecule has 0 spiro atoms. The van der Waals surface area contributed by atoms with Crippen LogP contribution < -0.4 is 10.2 Å². The first-order valence-corrected chi connectivity index (χ1v) is 9.00. The molecule has 21 heavy (non-hydrogen) atoms. The van der Waals surface area contributed by atoms with Crippen LogP contribution in [0.25, 0.3) is 0 Å². The van der Waals surface area contributed by atoms with Gasteiger partial charge in [-0.2, -0.15) is 4.98 Å². The summed E-state index contributed by atoms with van der Waals surface area (Å²) in [4.78, 5) is 13.2. The number of aliphatic hydroxyl groups excluding tert-OH is 1. The lowest BCUT2D eigenvalue weighted by atomic mass is 10.1. The van der Waals surface area contributed by atoms with Crippen molar-refractivity contribution in [2.24, 2.45) is 0 Å². The lowest BCUT2D eigenvalue weighted by Gasteiger charge is -2.28. The van der Waals surface area contributed by atoms with E-state index < -0.39 is 0 Å². The molecule has 0 unspecified atom stereocenters. The van der Waals surface area contributed by atoms with Crippen molar-refractivity contribution in [2.75, 3.05) is 42.2 Å². The molecule has 2 aliphatic rings. The summed E-state index contributed by atoms with van der Waals surface area (Å²) in [6, 6.07) is 0. The van der Waals surface area contributed by atoms with Gasteiger partial charge in [-0.3, -0.25) is 0 Å². The average Bonchev–Trinajstić information content (AvgIpc) is 2.55. The highest BCUT2D eigenvalue weighted by Crippen LogP contribution is 2.35. The monoisotopic (exact) mass is 308 g/mol. The van der Waals surface area contributed by atoms with Gasteiger partial charge in [-0.25, -0.2) is 4.98 Å². The van der Waals surface area contributed by atoms with Gasteiger partial charge >= 0.3 is 0 Å². The van der Waals surface area contributed by atoms with Crippen molar-refractivity contribution in [2.45, 2.75) is 43.4 Å². The Balaban J connectivity index is 1.84. The largest absolute Gasteiger partial charge is 0.396 e. The molecule has 116 valence electrons. The number of nitrogens with zero attached hydrogens (tertiary/aromatic N) is 3. The van der Waals surface area contributed by atoms with Crippen molar-refractivity contribution >= 4 is 23.5 Å². The van der Waals surface area contributed by atoms with Crippen LogP contribution in [0, 0.1) is 0 Å². The Morgan fingerprint density at radius 3 is 2.81 bits per heavy atom. The van der Waals surface area contributed by atoms with Gasteiger partial charge in [0.15, 0.2) is 0 Å². The summed E-state index contributed by atoms with van der Waals surface area (Å²) in [6.45, 7) is 3.12. The molecular weight excluding hydrogens is 284 g/mol. The molecule has 6 heteroatoms. The second-order valence-corrected chi connectivity index (χ2v) is 6.76. The molecule has 5 nitrogen and oxygen atoms in total. The van der Waals surface area contributed by atoms with E-state index >= 15 is 0 Å². The summed E-state index contributed by atoms with van der Waals surface area (Å²) in [5, 5.41) is 12.3. The maximum Gasteiger partial charge on any atom is 0.227 e. The molecule has 1 fully saturated rings. The zero-order valence-electron chi connectivity index (χ0n) is 12.5. The highest BCUT2D eigenvalue weighted by Gasteiger charge is 2.21. The van der Waals surface area contributed by atoms with E-state index in [1.807, 2.05) is 11.8 Å². The predicted molar refractivity (Wildman–Crippen MR) is 87.3 cm³/mol. The van der Waals surface area contributed by atoms with Crippen LogP contribution in [0.15, 0.2) is 4.90 Å². The first kappa shape index (κ1) is 14.9. The lowest BCUT2D eigenvalue weighted by molar-refractivity contribution is 0.292. The number of piperidine rings is 1. The molecule has 0 saturated carbocycles. The Labute approximate surface area is 130 Å². The molecule has 0 amide bonds. The Morgan fingerprint density at radius 1 is 1.14 bits per heavy atom. The first-order chi connectivity index (χ1) is 10.4. The van der Waals surface area contributed by atoms with Crippen molar-refractivity contribution in [3.63, 3.8) is 0 Å². The Bertz CT molecular complexity index is 477. The lowest BCUT2D eigenvalue weighted by Crippen LogP contribution is -2.31. The number of aryl methyl sites for hydroxylation is 1. The van der Waals surface area contributed by atoms with Gasteiger partial charge in [0.25, 0.3) is 0 Å². The van der Waals surface area contributed by atoms with Crippen LogP contribution in [0.5, 0.6) is 0 Å². The van der Waals surface area contributed by atoms with E-state index in [9.17, 15) is 0 Å². The van der Waals surface area contributed by atoms with Gasteiger partial charge in [-0.05, 0) is 44.3 Å². The van der Waals surface area contributed by atoms with Gasteiger partial charge in [0, 0.05) is 26.2 Å². The van der Waals surface area contributed by atoms with E-state index in [-0.39, 0.29) is 6.61 Å². The van der Waals surface area contributed by atoms with Crippen LogP contribution in [0.1, 0.15) is 37.8 Å². The minimum absolute atomic E-state index is 0.215. The van der Waals surface area contributed by atoms with Gasteiger partial charge < -0.3 is 15.3 Å². The quantitative estimate of drug-likeness (QED) is 0.814. The SMILES string of the molecule is OCCCNc1nc(N2CCCCC2)nc2c1SCCC2. The van der Waals surface area contributed by atoms with Crippen molar-refractivity contribution in [1.29, 1.82) is 0 Å². The van der Waals surface area contributed by atoms with Gasteiger partial charge in [-0.1, -0.05) is 0 Å². The van der Waals surface area contributed by atoms with E-state index in [4.69, 9.17) is 15.1 Å². The smallest absolute Gasteiger partial charge is 0.227 e. The molecule has 3 rings (SSSR count). The van der Waals surface area contributed by atoms with Gasteiger partial charge in [0.05, 0.1) is 10.6 Å². The number of aromatic nitrogens is 2. The summed E-state index contributed by atoms with van der Waals surface area (Å²) < 4.78 is 0. The number of nitrogens with one attached hydrogen (secondary N) is 1. The standard InChI is InChI=1S/C15H24N4OS/c20-10-5-7-16-14-13-12(6-4-11-21-13)17-15(18-14)19-8-2-1-3-9-19/h20H,1-11H2,(H,16,17,18). The highest BCUT2D eigenvalue weighted by molar-refractivity contribution is 7.99. The van der Waals surface area contributed by atoms with E-state index in [1.54, 1.807) is 0 Å². The molecule has 2 N–H and O–H groups in total. The number of aliphatic hydroxyl groups is 1. The van der Waals surface area contributed by atoms with Crippen LogP contribution in [0.4, 0.5) is 11.8 Å². The normalized spacial score (nSPS) is 18.4. The second kappa shape index (κ2) is 7.31. The van der Waals surface area contributed by atoms with Crippen LogP contribution in [0.3, 0.4) is 0 Å². The maximum atomic E-state index is 8.95. The molecular formula is C15H24N4OS. The van der Waals surface area contributed by atoms with Gasteiger partial charge in [-0.15, -0.1) is 11.8 Å². The van der Waals surface area contributed by atoms with E-state index in [1.165, 1.54) is 36.3 Å². The highest BCUT2D eigenvalue weighted by atomic mass is 32.2. The Morgan fingerprint density at radius 2 is 2.00 bits per heavy atom. The number of hydrogen-bond acceptors (Lipinski definition) is 6. The van der Waals surface area contributed by atoms with Crippen molar-refractivity contribution in [1.82, 2.24) is 9.97 Å². The fourth-order valence-corrected chi connectivity index (χ4v) is 3.92. The molecule has 1 aromatic heterocycles. The van der Waals surface area contributed by atoms with Crippen LogP contribution in [-0.4, -0.2) is 47.1 Å². The maximum absolute atomic E-state index is 8.95. The van der Waals surface area contributed by atoms with Gasteiger partial charge in [0.2, 0.25) is 5.95 Å². The Kier molecular flexibility index (Phi) is 5.19. The number of hydrogen-bond donors (Lipinski definition) is 2. The zero-order chi connectivity index (χ0) is 14.5. The van der Waals surface area contributed by atoms with E-state index in [0.29, 0.717) is 0 Å². The molecule has 0 aliphatic carbocycles. The summed E-state index contributed by atoms with van der Waals surface area (Å²) in [6.07, 6.45) is 6.80. The van der Waals surface area contributed by atoms with E-state index in [2.05, 4.69) is 10.2 Å². The molecule has 2 aliphatic heterocycles. The van der Waals surface area contributed by atoms with Gasteiger partial charge in [0.1, 0.15) is 5.82 Å². The topological polar surface area (TPSA) is 61.3 Å². The molecule has 1 aromatic rings. The number of anilines is 2. The molecule has 0 bridgehead atoms. The van der Waals surface area contributed by atoms with Crippen molar-refractivity contribution in [3.8, 4) is 0 Å². The predicted octanol–water partition coefficient (Wildman–Crippen LogP) is 2.30. The third-order valence-corrected chi connectivity index (χ3v) is 5.20. The number of rotatable bonds is 5. The van der Waals surface area contributed by atoms with Crippen LogP contribution in [0.2, 0.25) is 0 Å². The zero-order valence-corrected chi connectivity index (χ0v) is 13.3. The minimum Gasteiger partial charge on any atom is -0.396 e.